The second-order valence-electron chi connectivity index (χ2n) is 5.69. The predicted octanol–water partition coefficient (Wildman–Crippen LogP) is 2.85. The Morgan fingerprint density at radius 3 is 2.52 bits per heavy atom. The monoisotopic (exact) mass is 338 g/mol. The smallest absolute Gasteiger partial charge is 0.338 e. The lowest BCUT2D eigenvalue weighted by Gasteiger charge is -2.17. The SMILES string of the molecule is COC(=O)c1ccccc1C(=O)Nc1cccc(N2CCCC2=O)c1. The quantitative estimate of drug-likeness (QED) is 0.870. The molecule has 2 amide bonds. The van der Waals surface area contributed by atoms with Crippen LogP contribution in [-0.2, 0) is 9.53 Å². The number of carbonyl (C=O) groups is 3. The van der Waals surface area contributed by atoms with Crippen molar-refractivity contribution in [2.75, 3.05) is 23.9 Å². The molecule has 1 aliphatic heterocycles. The Balaban J connectivity index is 1.82. The van der Waals surface area contributed by atoms with Crippen LogP contribution >= 0.6 is 0 Å². The van der Waals surface area contributed by atoms with Gasteiger partial charge >= 0.3 is 5.97 Å². The van der Waals surface area contributed by atoms with Gasteiger partial charge in [-0.3, -0.25) is 9.59 Å². The maximum atomic E-state index is 12.6. The lowest BCUT2D eigenvalue weighted by Crippen LogP contribution is -2.24. The molecule has 0 saturated carbocycles. The Kier molecular flexibility index (Phi) is 4.79. The molecular weight excluding hydrogens is 320 g/mol. The van der Waals surface area contributed by atoms with Crippen molar-refractivity contribution >= 4 is 29.2 Å². The number of rotatable bonds is 4. The van der Waals surface area contributed by atoms with Crippen LogP contribution in [0.4, 0.5) is 11.4 Å². The molecule has 0 spiro atoms. The van der Waals surface area contributed by atoms with Crippen LogP contribution in [0, 0.1) is 0 Å². The van der Waals surface area contributed by atoms with E-state index in [1.54, 1.807) is 47.4 Å². The average Bonchev–Trinajstić information content (AvgIpc) is 3.07. The number of anilines is 2. The van der Waals surface area contributed by atoms with Gasteiger partial charge < -0.3 is 15.0 Å². The third-order valence-corrected chi connectivity index (χ3v) is 4.07. The minimum absolute atomic E-state index is 0.0829. The van der Waals surface area contributed by atoms with Crippen LogP contribution in [0.5, 0.6) is 0 Å². The lowest BCUT2D eigenvalue weighted by atomic mass is 10.1. The second kappa shape index (κ2) is 7.17. The molecule has 0 bridgehead atoms. The van der Waals surface area contributed by atoms with Crippen molar-refractivity contribution in [1.82, 2.24) is 0 Å². The third kappa shape index (κ3) is 3.52. The fraction of sp³-hybridized carbons (Fsp3) is 0.211. The van der Waals surface area contributed by atoms with Crippen molar-refractivity contribution in [1.29, 1.82) is 0 Å². The molecule has 25 heavy (non-hydrogen) atoms. The summed E-state index contributed by atoms with van der Waals surface area (Å²) in [5.41, 5.74) is 1.74. The van der Waals surface area contributed by atoms with Gasteiger partial charge in [0.25, 0.3) is 5.91 Å². The van der Waals surface area contributed by atoms with Crippen LogP contribution in [0.3, 0.4) is 0 Å². The van der Waals surface area contributed by atoms with Gasteiger partial charge in [-0.1, -0.05) is 18.2 Å². The van der Waals surface area contributed by atoms with Crippen LogP contribution in [0.2, 0.25) is 0 Å². The highest BCUT2D eigenvalue weighted by molar-refractivity contribution is 6.11. The van der Waals surface area contributed by atoms with Crippen molar-refractivity contribution in [3.63, 3.8) is 0 Å². The van der Waals surface area contributed by atoms with Gasteiger partial charge in [0.15, 0.2) is 0 Å². The molecule has 1 heterocycles. The molecule has 3 rings (SSSR count). The number of nitrogens with one attached hydrogen (secondary N) is 1. The number of nitrogens with zero attached hydrogens (tertiary/aromatic N) is 1. The van der Waals surface area contributed by atoms with Gasteiger partial charge in [-0.2, -0.15) is 0 Å². The fourth-order valence-corrected chi connectivity index (χ4v) is 2.84. The molecule has 0 aliphatic carbocycles. The molecule has 0 unspecified atom stereocenters. The number of benzene rings is 2. The molecule has 6 nitrogen and oxygen atoms in total. The zero-order chi connectivity index (χ0) is 17.8. The summed E-state index contributed by atoms with van der Waals surface area (Å²) in [6.45, 7) is 0.682. The molecule has 2 aromatic carbocycles. The molecule has 1 N–H and O–H groups in total. The number of ether oxygens (including phenoxy) is 1. The summed E-state index contributed by atoms with van der Waals surface area (Å²) < 4.78 is 4.71. The average molecular weight is 338 g/mol. The first-order valence-electron chi connectivity index (χ1n) is 7.99. The molecule has 0 atom stereocenters. The highest BCUT2D eigenvalue weighted by Crippen LogP contribution is 2.24. The Morgan fingerprint density at radius 2 is 1.84 bits per heavy atom. The number of amides is 2. The number of methoxy groups -OCH3 is 1. The minimum atomic E-state index is -0.567. The number of hydrogen-bond donors (Lipinski definition) is 1. The van der Waals surface area contributed by atoms with Gasteiger partial charge in [-0.05, 0) is 36.8 Å². The molecule has 6 heteroatoms. The van der Waals surface area contributed by atoms with Crippen molar-refractivity contribution in [3.05, 3.63) is 59.7 Å². The molecule has 1 aliphatic rings. The van der Waals surface area contributed by atoms with Crippen LogP contribution in [0.15, 0.2) is 48.5 Å². The molecule has 128 valence electrons. The summed E-state index contributed by atoms with van der Waals surface area (Å²) in [5.74, 6) is -0.896. The van der Waals surface area contributed by atoms with E-state index in [0.717, 1.165) is 12.1 Å². The first-order valence-corrected chi connectivity index (χ1v) is 7.99. The van der Waals surface area contributed by atoms with Crippen LogP contribution in [-0.4, -0.2) is 31.4 Å². The van der Waals surface area contributed by atoms with Gasteiger partial charge in [-0.15, -0.1) is 0 Å². The molecule has 1 saturated heterocycles. The topological polar surface area (TPSA) is 75.7 Å². The summed E-state index contributed by atoms with van der Waals surface area (Å²) >= 11 is 0. The van der Waals surface area contributed by atoms with E-state index in [-0.39, 0.29) is 17.0 Å². The fourth-order valence-electron chi connectivity index (χ4n) is 2.84. The van der Waals surface area contributed by atoms with Crippen molar-refractivity contribution < 1.29 is 19.1 Å². The zero-order valence-corrected chi connectivity index (χ0v) is 13.8. The van der Waals surface area contributed by atoms with Crippen LogP contribution in [0.1, 0.15) is 33.6 Å². The van der Waals surface area contributed by atoms with Gasteiger partial charge in [0, 0.05) is 24.3 Å². The van der Waals surface area contributed by atoms with Crippen molar-refractivity contribution in [2.24, 2.45) is 0 Å². The third-order valence-electron chi connectivity index (χ3n) is 4.07. The van der Waals surface area contributed by atoms with Crippen molar-refractivity contribution in [2.45, 2.75) is 12.8 Å². The summed E-state index contributed by atoms with van der Waals surface area (Å²) in [4.78, 5) is 37.9. The standard InChI is InChI=1S/C19H18N2O4/c1-25-19(24)16-9-3-2-8-15(16)18(23)20-13-6-4-7-14(12-13)21-11-5-10-17(21)22/h2-4,6-9,12H,5,10-11H2,1H3,(H,20,23). The molecule has 2 aromatic rings. The number of hydrogen-bond acceptors (Lipinski definition) is 4. The first kappa shape index (κ1) is 16.7. The Labute approximate surface area is 145 Å². The normalized spacial score (nSPS) is 13.6. The van der Waals surface area contributed by atoms with E-state index in [1.165, 1.54) is 7.11 Å². The summed E-state index contributed by atoms with van der Waals surface area (Å²) in [5, 5.41) is 2.77. The minimum Gasteiger partial charge on any atom is -0.465 e. The maximum Gasteiger partial charge on any atom is 0.338 e. The van der Waals surface area contributed by atoms with E-state index in [2.05, 4.69) is 5.32 Å². The number of carbonyl (C=O) groups excluding carboxylic acids is 3. The van der Waals surface area contributed by atoms with Gasteiger partial charge in [-0.25, -0.2) is 4.79 Å². The Hall–Kier alpha value is -3.15. The summed E-state index contributed by atoms with van der Waals surface area (Å²) in [6.07, 6.45) is 1.38. The van der Waals surface area contributed by atoms with E-state index in [1.807, 2.05) is 6.07 Å². The largest absolute Gasteiger partial charge is 0.465 e. The highest BCUT2D eigenvalue weighted by atomic mass is 16.5. The lowest BCUT2D eigenvalue weighted by molar-refractivity contribution is -0.117. The van der Waals surface area contributed by atoms with Crippen LogP contribution < -0.4 is 10.2 Å². The Bertz CT molecular complexity index is 832. The van der Waals surface area contributed by atoms with E-state index >= 15 is 0 Å². The molecule has 0 radical (unpaired) electrons. The number of esters is 1. The highest BCUT2D eigenvalue weighted by Gasteiger charge is 2.22. The first-order chi connectivity index (χ1) is 12.1. The van der Waals surface area contributed by atoms with Crippen LogP contribution in [0.25, 0.3) is 0 Å². The second-order valence-corrected chi connectivity index (χ2v) is 5.69. The summed E-state index contributed by atoms with van der Waals surface area (Å²) in [6, 6.07) is 13.6. The van der Waals surface area contributed by atoms with E-state index in [4.69, 9.17) is 4.74 Å². The van der Waals surface area contributed by atoms with E-state index in [9.17, 15) is 14.4 Å². The Morgan fingerprint density at radius 1 is 1.08 bits per heavy atom. The van der Waals surface area contributed by atoms with E-state index < -0.39 is 11.9 Å². The van der Waals surface area contributed by atoms with E-state index in [0.29, 0.717) is 18.7 Å². The van der Waals surface area contributed by atoms with Gasteiger partial charge in [0.05, 0.1) is 18.2 Å². The zero-order valence-electron chi connectivity index (χ0n) is 13.8. The molecule has 0 aromatic heterocycles. The molecular formula is C19H18N2O4. The predicted molar refractivity (Wildman–Crippen MR) is 93.8 cm³/mol. The maximum absolute atomic E-state index is 12.6. The molecule has 1 fully saturated rings. The van der Waals surface area contributed by atoms with Crippen molar-refractivity contribution in [3.8, 4) is 0 Å². The van der Waals surface area contributed by atoms with Gasteiger partial charge in [0.1, 0.15) is 0 Å². The van der Waals surface area contributed by atoms with Gasteiger partial charge in [0.2, 0.25) is 5.91 Å². The summed E-state index contributed by atoms with van der Waals surface area (Å²) in [7, 11) is 1.27.